The smallest absolute Gasteiger partial charge is 0.181 e. The molecule has 3 heterocycles. The molecule has 0 aromatic carbocycles. The van der Waals surface area contributed by atoms with Crippen molar-refractivity contribution in [3.05, 3.63) is 18.7 Å². The molecule has 0 aliphatic heterocycles. The Morgan fingerprint density at radius 1 is 1.41 bits per heavy atom. The summed E-state index contributed by atoms with van der Waals surface area (Å²) in [5.74, 6) is 0.628. The maximum Gasteiger partial charge on any atom is 0.181 e. The number of aromatic amines is 1. The highest BCUT2D eigenvalue weighted by molar-refractivity contribution is 5.73. The van der Waals surface area contributed by atoms with Crippen LogP contribution < -0.4 is 5.73 Å². The van der Waals surface area contributed by atoms with Gasteiger partial charge in [0.1, 0.15) is 17.5 Å². The molecule has 0 aliphatic carbocycles. The highest BCUT2D eigenvalue weighted by atomic mass is 15.4. The van der Waals surface area contributed by atoms with Gasteiger partial charge >= 0.3 is 0 Å². The van der Waals surface area contributed by atoms with E-state index >= 15 is 0 Å². The van der Waals surface area contributed by atoms with Gasteiger partial charge in [-0.25, -0.2) is 15.0 Å². The highest BCUT2D eigenvalue weighted by Gasteiger charge is 2.09. The lowest BCUT2D eigenvalue weighted by atomic mass is 10.4. The number of nitrogens with one attached hydrogen (secondary N) is 1. The van der Waals surface area contributed by atoms with E-state index in [1.807, 2.05) is 0 Å². The number of fused-ring (bicyclic) bond motifs is 1. The second kappa shape index (κ2) is 3.91. The van der Waals surface area contributed by atoms with E-state index in [0.717, 1.165) is 5.52 Å². The molecule has 0 fully saturated rings. The summed E-state index contributed by atoms with van der Waals surface area (Å²) in [6.07, 6.45) is 4.92. The molecule has 3 N–H and O–H groups in total. The van der Waals surface area contributed by atoms with Crippen LogP contribution in [0.5, 0.6) is 0 Å². The molecule has 0 aliphatic rings. The molecule has 17 heavy (non-hydrogen) atoms. The average molecular weight is 230 g/mol. The molecule has 3 aromatic rings. The number of hydrogen-bond acceptors (Lipinski definition) is 6. The van der Waals surface area contributed by atoms with Crippen LogP contribution in [0, 0.1) is 0 Å². The van der Waals surface area contributed by atoms with Gasteiger partial charge in [0.05, 0.1) is 18.9 Å². The van der Waals surface area contributed by atoms with E-state index in [0.29, 0.717) is 30.3 Å². The van der Waals surface area contributed by atoms with Gasteiger partial charge in [0.2, 0.25) is 0 Å². The Balaban J connectivity index is 2.01. The summed E-state index contributed by atoms with van der Waals surface area (Å²) in [4.78, 5) is 15.3. The van der Waals surface area contributed by atoms with Gasteiger partial charge in [0, 0.05) is 6.54 Å². The minimum Gasteiger partial charge on any atom is -0.334 e. The zero-order valence-corrected chi connectivity index (χ0v) is 8.91. The fraction of sp³-hybridized carbons (Fsp3) is 0.222. The Morgan fingerprint density at radius 3 is 3.18 bits per heavy atom. The molecule has 8 nitrogen and oxygen atoms in total. The van der Waals surface area contributed by atoms with Crippen LogP contribution in [0.3, 0.4) is 0 Å². The monoisotopic (exact) mass is 230 g/mol. The zero-order chi connectivity index (χ0) is 11.7. The molecule has 0 radical (unpaired) electrons. The van der Waals surface area contributed by atoms with Crippen LogP contribution >= 0.6 is 0 Å². The normalized spacial score (nSPS) is 11.1. The van der Waals surface area contributed by atoms with Crippen molar-refractivity contribution < 1.29 is 0 Å². The molecular weight excluding hydrogens is 220 g/mol. The summed E-state index contributed by atoms with van der Waals surface area (Å²) in [5.41, 5.74) is 7.49. The van der Waals surface area contributed by atoms with Crippen molar-refractivity contribution in [1.29, 1.82) is 0 Å². The minimum atomic E-state index is 0.522. The Morgan fingerprint density at radius 2 is 2.35 bits per heavy atom. The van der Waals surface area contributed by atoms with E-state index in [4.69, 9.17) is 5.73 Å². The largest absolute Gasteiger partial charge is 0.334 e. The number of aromatic nitrogens is 7. The van der Waals surface area contributed by atoms with Gasteiger partial charge in [-0.3, -0.25) is 4.68 Å². The molecule has 0 amide bonds. The van der Waals surface area contributed by atoms with Gasteiger partial charge < -0.3 is 10.7 Å². The predicted molar refractivity (Wildman–Crippen MR) is 59.8 cm³/mol. The van der Waals surface area contributed by atoms with Gasteiger partial charge in [-0.1, -0.05) is 5.21 Å². The second-order valence-electron chi connectivity index (χ2n) is 3.50. The molecule has 0 unspecified atom stereocenters. The van der Waals surface area contributed by atoms with Crippen LogP contribution in [0.2, 0.25) is 0 Å². The first kappa shape index (κ1) is 9.85. The van der Waals surface area contributed by atoms with Crippen molar-refractivity contribution in [1.82, 2.24) is 34.9 Å². The van der Waals surface area contributed by atoms with Crippen molar-refractivity contribution in [2.24, 2.45) is 5.73 Å². The predicted octanol–water partition coefficient (Wildman–Crippen LogP) is -0.430. The maximum atomic E-state index is 5.44. The van der Waals surface area contributed by atoms with E-state index in [2.05, 4.69) is 30.2 Å². The lowest BCUT2D eigenvalue weighted by Gasteiger charge is -1.92. The van der Waals surface area contributed by atoms with E-state index in [-0.39, 0.29) is 0 Å². The first-order chi connectivity index (χ1) is 8.36. The number of imidazole rings is 1. The van der Waals surface area contributed by atoms with Gasteiger partial charge in [-0.05, 0) is 0 Å². The van der Waals surface area contributed by atoms with Gasteiger partial charge in [0.25, 0.3) is 0 Å². The van der Waals surface area contributed by atoms with Crippen LogP contribution in [0.25, 0.3) is 22.7 Å². The van der Waals surface area contributed by atoms with Crippen LogP contribution in [0.15, 0.2) is 18.7 Å². The Bertz CT molecular complexity index is 606. The fourth-order valence-corrected chi connectivity index (χ4v) is 1.53. The summed E-state index contributed by atoms with van der Waals surface area (Å²) in [5, 5.41) is 7.96. The van der Waals surface area contributed by atoms with Crippen molar-refractivity contribution in [2.75, 3.05) is 6.54 Å². The third kappa shape index (κ3) is 1.74. The Hall–Kier alpha value is -2.35. The van der Waals surface area contributed by atoms with Crippen molar-refractivity contribution in [3.63, 3.8) is 0 Å². The molecule has 0 saturated heterocycles. The SMILES string of the molecule is NCCn1cc(-c2nc3ncncc3[nH]2)nn1. The molecule has 0 atom stereocenters. The third-order valence-corrected chi connectivity index (χ3v) is 2.30. The molecule has 0 spiro atoms. The average Bonchev–Trinajstić information content (AvgIpc) is 2.94. The molecule has 0 saturated carbocycles. The summed E-state index contributed by atoms with van der Waals surface area (Å²) in [6.45, 7) is 1.15. The van der Waals surface area contributed by atoms with Crippen LogP contribution in [-0.2, 0) is 6.54 Å². The third-order valence-electron chi connectivity index (χ3n) is 2.30. The Kier molecular flexibility index (Phi) is 2.26. The van der Waals surface area contributed by atoms with E-state index in [1.165, 1.54) is 6.33 Å². The molecule has 8 heteroatoms. The molecule has 3 aromatic heterocycles. The van der Waals surface area contributed by atoms with Gasteiger partial charge in [-0.15, -0.1) is 5.10 Å². The topological polar surface area (TPSA) is 111 Å². The molecular formula is C9H10N8. The standard InChI is InChI=1S/C9H10N8/c10-1-2-17-4-7(15-16-17)9-13-6-3-11-5-12-8(6)14-9/h3-5H,1-2,10H2,(H,11,12,13,14). The molecule has 0 bridgehead atoms. The molecule has 86 valence electrons. The van der Waals surface area contributed by atoms with Crippen molar-refractivity contribution >= 4 is 11.2 Å². The number of H-pyrrole nitrogens is 1. The van der Waals surface area contributed by atoms with Crippen LogP contribution in [0.4, 0.5) is 0 Å². The summed E-state index contributed by atoms with van der Waals surface area (Å²) in [7, 11) is 0. The first-order valence-electron chi connectivity index (χ1n) is 5.13. The quantitative estimate of drug-likeness (QED) is 0.631. The maximum absolute atomic E-state index is 5.44. The summed E-state index contributed by atoms with van der Waals surface area (Å²) >= 11 is 0. The summed E-state index contributed by atoms with van der Waals surface area (Å²) < 4.78 is 1.67. The van der Waals surface area contributed by atoms with E-state index in [9.17, 15) is 0 Å². The van der Waals surface area contributed by atoms with Crippen molar-refractivity contribution in [2.45, 2.75) is 6.54 Å². The zero-order valence-electron chi connectivity index (χ0n) is 8.91. The van der Waals surface area contributed by atoms with Crippen LogP contribution in [-0.4, -0.2) is 41.5 Å². The van der Waals surface area contributed by atoms with E-state index < -0.39 is 0 Å². The number of hydrogen-bond donors (Lipinski definition) is 2. The van der Waals surface area contributed by atoms with Gasteiger partial charge in [-0.2, -0.15) is 0 Å². The number of nitrogens with zero attached hydrogens (tertiary/aromatic N) is 6. The first-order valence-corrected chi connectivity index (χ1v) is 5.13. The lowest BCUT2D eigenvalue weighted by Crippen LogP contribution is -2.10. The number of rotatable bonds is 3. The molecule has 3 rings (SSSR count). The van der Waals surface area contributed by atoms with Crippen LogP contribution in [0.1, 0.15) is 0 Å². The lowest BCUT2D eigenvalue weighted by molar-refractivity contribution is 0.598. The van der Waals surface area contributed by atoms with E-state index in [1.54, 1.807) is 17.1 Å². The summed E-state index contributed by atoms with van der Waals surface area (Å²) in [6, 6.07) is 0. The highest BCUT2D eigenvalue weighted by Crippen LogP contribution is 2.15. The van der Waals surface area contributed by atoms with Crippen molar-refractivity contribution in [3.8, 4) is 11.5 Å². The minimum absolute atomic E-state index is 0.522. The fourth-order valence-electron chi connectivity index (χ4n) is 1.53. The van der Waals surface area contributed by atoms with Gasteiger partial charge in [0.15, 0.2) is 11.5 Å². The number of nitrogens with two attached hydrogens (primary N) is 1. The second-order valence-corrected chi connectivity index (χ2v) is 3.50. The Labute approximate surface area is 95.9 Å².